The lowest BCUT2D eigenvalue weighted by atomic mass is 10.1. The van der Waals surface area contributed by atoms with Crippen LogP contribution in [0.1, 0.15) is 23.4 Å². The van der Waals surface area contributed by atoms with Crippen LogP contribution >= 0.6 is 11.3 Å². The second-order valence-corrected chi connectivity index (χ2v) is 6.14. The third kappa shape index (κ3) is 3.81. The standard InChI is InChI=1S/C18H14FNO2S/c19-14-5-3-4-12(11-14)10-13(8-9-17(21)22)18-20-15-6-1-2-7-16(15)23-18/h1-7,10-11H,8-9H2,(H,21,22)/b13-10-. The van der Waals surface area contributed by atoms with E-state index < -0.39 is 5.97 Å². The fourth-order valence-electron chi connectivity index (χ4n) is 2.29. The number of aliphatic carboxylic acids is 1. The minimum absolute atomic E-state index is 0.0110. The van der Waals surface area contributed by atoms with Crippen LogP contribution in [0.4, 0.5) is 4.39 Å². The lowest BCUT2D eigenvalue weighted by Crippen LogP contribution is -1.95. The molecule has 0 saturated carbocycles. The Morgan fingerprint density at radius 3 is 2.74 bits per heavy atom. The Morgan fingerprint density at radius 1 is 1.17 bits per heavy atom. The molecule has 0 saturated heterocycles. The third-order valence-corrected chi connectivity index (χ3v) is 4.48. The number of allylic oxidation sites excluding steroid dienone is 1. The zero-order valence-corrected chi connectivity index (χ0v) is 13.0. The molecule has 0 radical (unpaired) electrons. The van der Waals surface area contributed by atoms with Crippen molar-refractivity contribution in [2.75, 3.05) is 0 Å². The molecule has 3 rings (SSSR count). The summed E-state index contributed by atoms with van der Waals surface area (Å²) in [5, 5.41) is 9.73. The summed E-state index contributed by atoms with van der Waals surface area (Å²) in [6.45, 7) is 0. The fraction of sp³-hybridized carbons (Fsp3) is 0.111. The quantitative estimate of drug-likeness (QED) is 0.729. The highest BCUT2D eigenvalue weighted by atomic mass is 32.1. The molecule has 0 amide bonds. The molecule has 0 unspecified atom stereocenters. The van der Waals surface area contributed by atoms with Gasteiger partial charge in [0.05, 0.1) is 10.2 Å². The van der Waals surface area contributed by atoms with Crippen LogP contribution in [0, 0.1) is 5.82 Å². The number of carboxylic acids is 1. The van der Waals surface area contributed by atoms with Crippen LogP contribution in [0.15, 0.2) is 48.5 Å². The Morgan fingerprint density at radius 2 is 2.00 bits per heavy atom. The summed E-state index contributed by atoms with van der Waals surface area (Å²) >= 11 is 1.51. The molecule has 1 heterocycles. The summed E-state index contributed by atoms with van der Waals surface area (Å²) in [4.78, 5) is 15.5. The molecule has 0 spiro atoms. The molecular weight excluding hydrogens is 313 g/mol. The predicted octanol–water partition coefficient (Wildman–Crippen LogP) is 4.84. The molecule has 116 valence electrons. The van der Waals surface area contributed by atoms with Gasteiger partial charge in [0.2, 0.25) is 0 Å². The Kier molecular flexibility index (Phi) is 4.48. The van der Waals surface area contributed by atoms with Gasteiger partial charge < -0.3 is 5.11 Å². The van der Waals surface area contributed by atoms with Crippen molar-refractivity contribution in [3.8, 4) is 0 Å². The monoisotopic (exact) mass is 327 g/mol. The second kappa shape index (κ2) is 6.71. The first-order valence-corrected chi connectivity index (χ1v) is 7.97. The molecule has 1 N–H and O–H groups in total. The van der Waals surface area contributed by atoms with Crippen LogP contribution < -0.4 is 0 Å². The van der Waals surface area contributed by atoms with Gasteiger partial charge in [0.1, 0.15) is 10.8 Å². The average Bonchev–Trinajstić information content (AvgIpc) is 2.95. The van der Waals surface area contributed by atoms with Crippen molar-refractivity contribution < 1.29 is 14.3 Å². The molecule has 0 aliphatic heterocycles. The van der Waals surface area contributed by atoms with E-state index in [4.69, 9.17) is 5.11 Å². The van der Waals surface area contributed by atoms with E-state index in [1.165, 1.54) is 23.5 Å². The summed E-state index contributed by atoms with van der Waals surface area (Å²) in [6.07, 6.45) is 2.17. The number of para-hydroxylation sites is 1. The van der Waals surface area contributed by atoms with E-state index in [1.54, 1.807) is 12.1 Å². The van der Waals surface area contributed by atoms with E-state index in [1.807, 2.05) is 30.3 Å². The molecule has 3 aromatic rings. The molecule has 1 aromatic heterocycles. The molecule has 0 fully saturated rings. The van der Waals surface area contributed by atoms with Crippen LogP contribution in [-0.2, 0) is 4.79 Å². The van der Waals surface area contributed by atoms with E-state index in [9.17, 15) is 9.18 Å². The lowest BCUT2D eigenvalue weighted by Gasteiger charge is -2.03. The number of aromatic nitrogens is 1. The number of fused-ring (bicyclic) bond motifs is 1. The smallest absolute Gasteiger partial charge is 0.303 e. The van der Waals surface area contributed by atoms with Gasteiger partial charge in [-0.1, -0.05) is 24.3 Å². The van der Waals surface area contributed by atoms with E-state index in [2.05, 4.69) is 4.98 Å². The van der Waals surface area contributed by atoms with Gasteiger partial charge in [-0.25, -0.2) is 9.37 Å². The van der Waals surface area contributed by atoms with Crippen molar-refractivity contribution in [2.45, 2.75) is 12.8 Å². The van der Waals surface area contributed by atoms with Gasteiger partial charge in [-0.3, -0.25) is 4.79 Å². The van der Waals surface area contributed by atoms with Crippen LogP contribution in [-0.4, -0.2) is 16.1 Å². The van der Waals surface area contributed by atoms with Gasteiger partial charge in [-0.05, 0) is 47.9 Å². The lowest BCUT2D eigenvalue weighted by molar-refractivity contribution is -0.136. The van der Waals surface area contributed by atoms with Crippen LogP contribution in [0.2, 0.25) is 0 Å². The van der Waals surface area contributed by atoms with Crippen molar-refractivity contribution in [3.63, 3.8) is 0 Å². The number of rotatable bonds is 5. The maximum Gasteiger partial charge on any atom is 0.303 e. The van der Waals surface area contributed by atoms with Crippen molar-refractivity contribution in [1.82, 2.24) is 4.98 Å². The largest absolute Gasteiger partial charge is 0.481 e. The molecule has 2 aromatic carbocycles. The number of hydrogen-bond donors (Lipinski definition) is 1. The molecule has 0 aliphatic carbocycles. The van der Waals surface area contributed by atoms with E-state index >= 15 is 0 Å². The molecule has 5 heteroatoms. The van der Waals surface area contributed by atoms with Gasteiger partial charge in [-0.2, -0.15) is 0 Å². The average molecular weight is 327 g/mol. The molecule has 0 bridgehead atoms. The maximum atomic E-state index is 13.4. The van der Waals surface area contributed by atoms with Crippen molar-refractivity contribution in [2.24, 2.45) is 0 Å². The molecular formula is C18H14FNO2S. The summed E-state index contributed by atoms with van der Waals surface area (Å²) in [5.74, 6) is -1.18. The van der Waals surface area contributed by atoms with Gasteiger partial charge in [0.15, 0.2) is 0 Å². The second-order valence-electron chi connectivity index (χ2n) is 5.11. The van der Waals surface area contributed by atoms with Gasteiger partial charge in [0.25, 0.3) is 0 Å². The van der Waals surface area contributed by atoms with Crippen LogP contribution in [0.5, 0.6) is 0 Å². The number of halogens is 1. The van der Waals surface area contributed by atoms with Gasteiger partial charge in [-0.15, -0.1) is 11.3 Å². The van der Waals surface area contributed by atoms with Crippen LogP contribution in [0.3, 0.4) is 0 Å². The first-order chi connectivity index (χ1) is 11.1. The number of benzene rings is 2. The Labute approximate surface area is 136 Å². The molecule has 0 atom stereocenters. The highest BCUT2D eigenvalue weighted by Crippen LogP contribution is 2.31. The fourth-order valence-corrected chi connectivity index (χ4v) is 3.30. The molecule has 0 aliphatic rings. The predicted molar refractivity (Wildman–Crippen MR) is 90.8 cm³/mol. The maximum absolute atomic E-state index is 13.4. The van der Waals surface area contributed by atoms with Crippen molar-refractivity contribution in [1.29, 1.82) is 0 Å². The van der Waals surface area contributed by atoms with E-state index in [0.29, 0.717) is 12.0 Å². The van der Waals surface area contributed by atoms with Crippen molar-refractivity contribution in [3.05, 3.63) is 64.9 Å². The summed E-state index contributed by atoms with van der Waals surface area (Å²) in [7, 11) is 0. The zero-order chi connectivity index (χ0) is 16.2. The Bertz CT molecular complexity index is 852. The minimum atomic E-state index is -0.865. The molecule has 23 heavy (non-hydrogen) atoms. The minimum Gasteiger partial charge on any atom is -0.481 e. The summed E-state index contributed by atoms with van der Waals surface area (Å²) < 4.78 is 14.4. The highest BCUT2D eigenvalue weighted by Gasteiger charge is 2.11. The zero-order valence-electron chi connectivity index (χ0n) is 12.2. The topological polar surface area (TPSA) is 50.2 Å². The van der Waals surface area contributed by atoms with Crippen LogP contribution in [0.25, 0.3) is 21.9 Å². The third-order valence-electron chi connectivity index (χ3n) is 3.37. The summed E-state index contributed by atoms with van der Waals surface area (Å²) in [6, 6.07) is 14.0. The number of carboxylic acid groups (broad SMARTS) is 1. The highest BCUT2D eigenvalue weighted by molar-refractivity contribution is 7.19. The van der Waals surface area contributed by atoms with E-state index in [0.717, 1.165) is 20.8 Å². The van der Waals surface area contributed by atoms with Gasteiger partial charge in [0, 0.05) is 6.42 Å². The number of carbonyl (C=O) groups is 1. The normalized spacial score (nSPS) is 11.8. The SMILES string of the molecule is O=C(O)CC/C(=C/c1cccc(F)c1)c1nc2ccccc2s1. The Balaban J connectivity index is 2.02. The molecule has 3 nitrogen and oxygen atoms in total. The summed E-state index contributed by atoms with van der Waals surface area (Å²) in [5.41, 5.74) is 2.39. The van der Waals surface area contributed by atoms with Crippen molar-refractivity contribution >= 4 is 39.2 Å². The number of nitrogens with zero attached hydrogens (tertiary/aromatic N) is 1. The number of thiazole rings is 1. The van der Waals surface area contributed by atoms with Gasteiger partial charge >= 0.3 is 5.97 Å². The first kappa shape index (κ1) is 15.4. The first-order valence-electron chi connectivity index (χ1n) is 7.16. The number of hydrogen-bond acceptors (Lipinski definition) is 3. The Hall–Kier alpha value is -2.53. The van der Waals surface area contributed by atoms with E-state index in [-0.39, 0.29) is 12.2 Å².